The molecule has 22 heavy (non-hydrogen) atoms. The molecule has 2 aromatic rings. The summed E-state index contributed by atoms with van der Waals surface area (Å²) >= 11 is 3.35. The van der Waals surface area contributed by atoms with Gasteiger partial charge in [0.25, 0.3) is 0 Å². The van der Waals surface area contributed by atoms with Crippen molar-refractivity contribution in [3.63, 3.8) is 0 Å². The van der Waals surface area contributed by atoms with Crippen molar-refractivity contribution in [2.45, 2.75) is 26.4 Å². The first kappa shape index (κ1) is 21.6. The fraction of sp³-hybridized carbons (Fsp3) is 0.235. The van der Waals surface area contributed by atoms with Gasteiger partial charge in [-0.2, -0.15) is 61.1 Å². The fourth-order valence-corrected chi connectivity index (χ4v) is 2.09. The molecular formula is C17H16BrF3U. The summed E-state index contributed by atoms with van der Waals surface area (Å²) in [5.74, 6) is 0. The van der Waals surface area contributed by atoms with Gasteiger partial charge in [-0.15, -0.1) is 12.1 Å². The Balaban J connectivity index is 0.00000141. The first-order valence-electron chi connectivity index (χ1n) is 6.62. The van der Waals surface area contributed by atoms with E-state index in [1.165, 1.54) is 6.07 Å². The van der Waals surface area contributed by atoms with E-state index >= 15 is 0 Å². The summed E-state index contributed by atoms with van der Waals surface area (Å²) in [6.45, 7) is 4.00. The Morgan fingerprint density at radius 3 is 2.41 bits per heavy atom. The number of hydrogen-bond donors (Lipinski definition) is 0. The summed E-state index contributed by atoms with van der Waals surface area (Å²) in [4.78, 5) is 0. The average Bonchev–Trinajstić information content (AvgIpc) is 2.47. The number of halogens is 4. The third-order valence-electron chi connectivity index (χ3n) is 2.60. The predicted molar refractivity (Wildman–Crippen MR) is 82.9 cm³/mol. The van der Waals surface area contributed by atoms with Crippen LogP contribution in [0.2, 0.25) is 0 Å². The number of rotatable bonds is 3. The van der Waals surface area contributed by atoms with Gasteiger partial charge in [0.2, 0.25) is 0 Å². The topological polar surface area (TPSA) is 0 Å². The summed E-state index contributed by atoms with van der Waals surface area (Å²) in [5.41, 5.74) is 0.846. The quantitative estimate of drug-likeness (QED) is 0.377. The minimum Gasteiger partial charge on any atom is -0.191 e. The van der Waals surface area contributed by atoms with E-state index in [1.54, 1.807) is 0 Å². The zero-order chi connectivity index (χ0) is 15.9. The van der Waals surface area contributed by atoms with E-state index in [9.17, 15) is 13.2 Å². The standard InChI is InChI=1S/C15H10BrF3.C2H6.U/c16-14-6-2-4-12(10-14)8-7-11-3-1-5-13(9-11)15(17,18)19;1-2;/h1-2,4-6,8-10H,7H2;1-2H3;/q-2;;+2. The molecular weight excluding hydrogens is 579 g/mol. The molecule has 0 atom stereocenters. The van der Waals surface area contributed by atoms with Crippen LogP contribution in [0.3, 0.4) is 0 Å². The molecule has 0 heterocycles. The number of alkyl halides is 3. The van der Waals surface area contributed by atoms with E-state index in [2.05, 4.69) is 22.0 Å². The van der Waals surface area contributed by atoms with Gasteiger partial charge in [0.1, 0.15) is 0 Å². The second kappa shape index (κ2) is 10.4. The molecule has 2 aromatic carbocycles. The maximum atomic E-state index is 12.6. The van der Waals surface area contributed by atoms with Gasteiger partial charge in [-0.3, -0.25) is 0 Å². The van der Waals surface area contributed by atoms with Crippen LogP contribution in [0.15, 0.2) is 46.9 Å². The molecule has 0 unspecified atom stereocenters. The van der Waals surface area contributed by atoms with Crippen LogP contribution in [-0.2, 0) is 12.6 Å². The molecule has 0 saturated heterocycles. The van der Waals surface area contributed by atoms with Crippen molar-refractivity contribution in [3.05, 3.63) is 76.1 Å². The monoisotopic (exact) mass is 594 g/mol. The van der Waals surface area contributed by atoms with Crippen LogP contribution in [0.25, 0.3) is 0 Å². The molecule has 0 aliphatic rings. The second-order valence-corrected chi connectivity index (χ2v) is 4.98. The molecule has 5 heteroatoms. The van der Waals surface area contributed by atoms with Gasteiger partial charge in [0.05, 0.1) is 0 Å². The number of benzene rings is 2. The van der Waals surface area contributed by atoms with Crippen LogP contribution in [0.4, 0.5) is 13.2 Å². The minimum atomic E-state index is -4.31. The van der Waals surface area contributed by atoms with E-state index in [-0.39, 0.29) is 31.1 Å². The summed E-state index contributed by atoms with van der Waals surface area (Å²) in [5, 5.41) is 0. The maximum Gasteiger partial charge on any atom is 2.00 e. The zero-order valence-electron chi connectivity index (χ0n) is 12.3. The Morgan fingerprint density at radius 1 is 1.14 bits per heavy atom. The molecule has 0 saturated carbocycles. The molecule has 0 aliphatic carbocycles. The van der Waals surface area contributed by atoms with E-state index in [1.807, 2.05) is 44.5 Å². The first-order valence-corrected chi connectivity index (χ1v) is 7.41. The molecule has 0 radical (unpaired) electrons. The van der Waals surface area contributed by atoms with Crippen molar-refractivity contribution in [1.29, 1.82) is 0 Å². The van der Waals surface area contributed by atoms with Crippen molar-refractivity contribution in [1.82, 2.24) is 0 Å². The van der Waals surface area contributed by atoms with Crippen LogP contribution in [0, 0.1) is 43.6 Å². The summed E-state index contributed by atoms with van der Waals surface area (Å²) < 4.78 is 38.6. The van der Waals surface area contributed by atoms with Gasteiger partial charge in [-0.25, -0.2) is 0 Å². The van der Waals surface area contributed by atoms with Gasteiger partial charge in [0, 0.05) is 0 Å². The third-order valence-corrected chi connectivity index (χ3v) is 3.09. The predicted octanol–water partition coefficient (Wildman–Crippen LogP) is 6.09. The minimum absolute atomic E-state index is 0. The van der Waals surface area contributed by atoms with Crippen molar-refractivity contribution in [2.24, 2.45) is 0 Å². The van der Waals surface area contributed by atoms with Crippen LogP contribution in [0.1, 0.15) is 30.5 Å². The molecule has 0 aromatic heterocycles. The van der Waals surface area contributed by atoms with Gasteiger partial charge in [0.15, 0.2) is 0 Å². The number of hydrogen-bond acceptors (Lipinski definition) is 0. The molecule has 0 N–H and O–H groups in total. The van der Waals surface area contributed by atoms with E-state index in [0.717, 1.165) is 22.2 Å². The Labute approximate surface area is 162 Å². The molecule has 0 amide bonds. The molecule has 0 spiro atoms. The smallest absolute Gasteiger partial charge is 0.191 e. The molecule has 116 valence electrons. The normalized spacial score (nSPS) is 10.1. The van der Waals surface area contributed by atoms with Crippen molar-refractivity contribution >= 4 is 15.9 Å². The van der Waals surface area contributed by atoms with E-state index in [0.29, 0.717) is 12.0 Å². The van der Waals surface area contributed by atoms with E-state index in [4.69, 9.17) is 0 Å². The summed E-state index contributed by atoms with van der Waals surface area (Å²) in [6.07, 6.45) is -2.02. The first-order chi connectivity index (χ1) is 9.95. The van der Waals surface area contributed by atoms with E-state index < -0.39 is 11.7 Å². The maximum absolute atomic E-state index is 12.6. The fourth-order valence-electron chi connectivity index (χ4n) is 1.67. The molecule has 0 fully saturated rings. The third kappa shape index (κ3) is 7.26. The average molecular weight is 595 g/mol. The Morgan fingerprint density at radius 2 is 1.82 bits per heavy atom. The molecule has 0 nitrogen and oxygen atoms in total. The Kier molecular flexibility index (Phi) is 10.2. The zero-order valence-corrected chi connectivity index (χ0v) is 18.1. The molecule has 0 aliphatic heterocycles. The van der Waals surface area contributed by atoms with Crippen LogP contribution < -0.4 is 0 Å². The van der Waals surface area contributed by atoms with Crippen LogP contribution >= 0.6 is 15.9 Å². The SMILES string of the molecule is CC.FC(F)(F)c1cc[c-]c(C[CH-]c2cccc(Br)c2)c1.[U+2]. The van der Waals surface area contributed by atoms with Gasteiger partial charge < -0.3 is 0 Å². The second-order valence-electron chi connectivity index (χ2n) is 4.06. The largest absolute Gasteiger partial charge is 2.00 e. The van der Waals surface area contributed by atoms with Gasteiger partial charge in [-0.1, -0.05) is 47.8 Å². The summed E-state index contributed by atoms with van der Waals surface area (Å²) in [6, 6.07) is 13.9. The van der Waals surface area contributed by atoms with Crippen molar-refractivity contribution < 1.29 is 44.3 Å². The van der Waals surface area contributed by atoms with Crippen molar-refractivity contribution in [2.75, 3.05) is 0 Å². The van der Waals surface area contributed by atoms with Gasteiger partial charge >= 0.3 is 37.3 Å². The Hall–Kier alpha value is -0.368. The van der Waals surface area contributed by atoms with Crippen LogP contribution in [0.5, 0.6) is 0 Å². The molecule has 2 rings (SSSR count). The Bertz CT molecular complexity index is 568. The summed E-state index contributed by atoms with van der Waals surface area (Å²) in [7, 11) is 0. The van der Waals surface area contributed by atoms with Crippen molar-refractivity contribution in [3.8, 4) is 0 Å². The molecule has 0 bridgehead atoms. The van der Waals surface area contributed by atoms with Crippen LogP contribution in [-0.4, -0.2) is 0 Å². The van der Waals surface area contributed by atoms with Gasteiger partial charge in [-0.05, 0) is 4.47 Å².